The van der Waals surface area contributed by atoms with Crippen LogP contribution < -0.4 is 4.74 Å². The molecular weight excluding hydrogens is 386 g/mol. The number of fused-ring (bicyclic) bond motifs is 1. The van der Waals surface area contributed by atoms with Gasteiger partial charge in [-0.2, -0.15) is 5.10 Å². The summed E-state index contributed by atoms with van der Waals surface area (Å²) in [6, 6.07) is 14.6. The van der Waals surface area contributed by atoms with Gasteiger partial charge in [0.1, 0.15) is 30.6 Å². The van der Waals surface area contributed by atoms with Crippen molar-refractivity contribution in [3.05, 3.63) is 76.8 Å². The summed E-state index contributed by atoms with van der Waals surface area (Å²) in [5, 5.41) is 26.3. The molecule has 0 bridgehead atoms. The topological polar surface area (TPSA) is 80.4 Å². The van der Waals surface area contributed by atoms with Crippen molar-refractivity contribution in [1.29, 1.82) is 0 Å². The number of nitrogens with zero attached hydrogens (tertiary/aromatic N) is 3. The Hall–Kier alpha value is -2.22. The highest BCUT2D eigenvalue weighted by Crippen LogP contribution is 2.50. The minimum Gasteiger partial charge on any atom is -0.479 e. The number of benzene rings is 2. The summed E-state index contributed by atoms with van der Waals surface area (Å²) >= 11 is 3.42. The maximum absolute atomic E-state index is 11.1. The zero-order valence-electron chi connectivity index (χ0n) is 13.2. The fourth-order valence-corrected chi connectivity index (χ4v) is 3.62. The quantitative estimate of drug-likeness (QED) is 0.702. The van der Waals surface area contributed by atoms with Gasteiger partial charge < -0.3 is 14.9 Å². The van der Waals surface area contributed by atoms with Gasteiger partial charge in [-0.25, -0.2) is 9.67 Å². The van der Waals surface area contributed by atoms with Gasteiger partial charge in [0.25, 0.3) is 0 Å². The van der Waals surface area contributed by atoms with E-state index in [-0.39, 0.29) is 6.54 Å². The van der Waals surface area contributed by atoms with Crippen LogP contribution in [-0.2, 0) is 6.54 Å². The molecule has 1 aliphatic heterocycles. The molecule has 2 N–H and O–H groups in total. The molecule has 0 saturated carbocycles. The fourth-order valence-electron chi connectivity index (χ4n) is 3.25. The van der Waals surface area contributed by atoms with Crippen molar-refractivity contribution in [3.8, 4) is 5.75 Å². The van der Waals surface area contributed by atoms with E-state index < -0.39 is 17.8 Å². The standard InChI is InChI=1S/C18H16BrN3O3/c19-13-6-7-15-14(8-13)17(24)18(25-15,9-22-11-20-10-21-22)16(23)12-4-2-1-3-5-12/h1-8,10-11,16-17,23-24H,9H2/t16-,17+,18-/m0/s1. The number of aliphatic hydroxyl groups excluding tert-OH is 2. The molecule has 0 aliphatic carbocycles. The second kappa shape index (κ2) is 6.25. The molecule has 128 valence electrons. The van der Waals surface area contributed by atoms with Gasteiger partial charge in [-0.3, -0.25) is 0 Å². The maximum Gasteiger partial charge on any atom is 0.188 e. The van der Waals surface area contributed by atoms with E-state index >= 15 is 0 Å². The highest BCUT2D eigenvalue weighted by Gasteiger charge is 2.54. The molecule has 7 heteroatoms. The van der Waals surface area contributed by atoms with Gasteiger partial charge >= 0.3 is 0 Å². The van der Waals surface area contributed by atoms with Gasteiger partial charge in [0.15, 0.2) is 5.60 Å². The van der Waals surface area contributed by atoms with Crippen molar-refractivity contribution in [2.45, 2.75) is 24.4 Å². The summed E-state index contributed by atoms with van der Waals surface area (Å²) in [6.45, 7) is 0.149. The van der Waals surface area contributed by atoms with E-state index in [4.69, 9.17) is 4.74 Å². The number of halogens is 1. The maximum atomic E-state index is 11.1. The first-order valence-corrected chi connectivity index (χ1v) is 8.61. The molecule has 2 aromatic carbocycles. The van der Waals surface area contributed by atoms with Crippen LogP contribution in [0, 0.1) is 0 Å². The molecule has 0 radical (unpaired) electrons. The molecular formula is C18H16BrN3O3. The van der Waals surface area contributed by atoms with E-state index in [1.54, 1.807) is 16.8 Å². The highest BCUT2D eigenvalue weighted by molar-refractivity contribution is 9.10. The molecule has 0 unspecified atom stereocenters. The Morgan fingerprint density at radius 3 is 2.76 bits per heavy atom. The third kappa shape index (κ3) is 2.74. The molecule has 0 saturated heterocycles. The first-order chi connectivity index (χ1) is 12.1. The number of hydrogen-bond donors (Lipinski definition) is 2. The largest absolute Gasteiger partial charge is 0.479 e. The average molecular weight is 402 g/mol. The average Bonchev–Trinajstić information content (AvgIpc) is 3.23. The van der Waals surface area contributed by atoms with Crippen molar-refractivity contribution >= 4 is 15.9 Å². The molecule has 0 spiro atoms. The smallest absolute Gasteiger partial charge is 0.188 e. The Labute approximate surface area is 152 Å². The van der Waals surface area contributed by atoms with E-state index in [2.05, 4.69) is 26.0 Å². The Morgan fingerprint density at radius 1 is 1.24 bits per heavy atom. The first kappa shape index (κ1) is 16.3. The van der Waals surface area contributed by atoms with E-state index in [1.165, 1.54) is 12.7 Å². The Kier molecular flexibility index (Phi) is 4.07. The number of rotatable bonds is 4. The summed E-state index contributed by atoms with van der Waals surface area (Å²) in [7, 11) is 0. The van der Waals surface area contributed by atoms with Crippen LogP contribution in [-0.4, -0.2) is 30.6 Å². The van der Waals surface area contributed by atoms with E-state index in [1.807, 2.05) is 36.4 Å². The zero-order chi connectivity index (χ0) is 17.4. The highest BCUT2D eigenvalue weighted by atomic mass is 79.9. The molecule has 0 amide bonds. The normalized spacial score (nSPS) is 23.1. The minimum atomic E-state index is -1.31. The Morgan fingerprint density at radius 2 is 2.04 bits per heavy atom. The lowest BCUT2D eigenvalue weighted by Gasteiger charge is -2.36. The van der Waals surface area contributed by atoms with Crippen LogP contribution in [0.2, 0.25) is 0 Å². The molecule has 3 atom stereocenters. The Bertz CT molecular complexity index is 873. The van der Waals surface area contributed by atoms with Gasteiger partial charge in [-0.1, -0.05) is 46.3 Å². The molecule has 3 aromatic rings. The van der Waals surface area contributed by atoms with Crippen molar-refractivity contribution < 1.29 is 14.9 Å². The first-order valence-electron chi connectivity index (χ1n) is 7.82. The molecule has 4 rings (SSSR count). The lowest BCUT2D eigenvalue weighted by atomic mass is 9.84. The van der Waals surface area contributed by atoms with Gasteiger partial charge in [0, 0.05) is 10.0 Å². The van der Waals surface area contributed by atoms with Crippen molar-refractivity contribution in [3.63, 3.8) is 0 Å². The van der Waals surface area contributed by atoms with Crippen LogP contribution in [0.15, 0.2) is 65.7 Å². The van der Waals surface area contributed by atoms with E-state index in [9.17, 15) is 10.2 Å². The molecule has 0 fully saturated rings. The van der Waals surface area contributed by atoms with Crippen LogP contribution in [0.4, 0.5) is 0 Å². The predicted molar refractivity (Wildman–Crippen MR) is 93.9 cm³/mol. The molecule has 6 nitrogen and oxygen atoms in total. The fraction of sp³-hybridized carbons (Fsp3) is 0.222. The molecule has 2 heterocycles. The van der Waals surface area contributed by atoms with Crippen LogP contribution >= 0.6 is 15.9 Å². The summed E-state index contributed by atoms with van der Waals surface area (Å²) in [4.78, 5) is 3.94. The van der Waals surface area contributed by atoms with E-state index in [0.29, 0.717) is 16.9 Å². The second-order valence-corrected chi connectivity index (χ2v) is 6.96. The number of ether oxygens (including phenoxy) is 1. The zero-order valence-corrected chi connectivity index (χ0v) is 14.7. The molecule has 1 aromatic heterocycles. The van der Waals surface area contributed by atoms with Gasteiger partial charge in [-0.05, 0) is 23.8 Å². The summed E-state index contributed by atoms with van der Waals surface area (Å²) in [5.74, 6) is 0.547. The predicted octanol–water partition coefficient (Wildman–Crippen LogP) is 2.64. The molecule has 25 heavy (non-hydrogen) atoms. The number of hydrogen-bond acceptors (Lipinski definition) is 5. The van der Waals surface area contributed by atoms with Crippen LogP contribution in [0.25, 0.3) is 0 Å². The number of aromatic nitrogens is 3. The van der Waals surface area contributed by atoms with Crippen molar-refractivity contribution in [2.24, 2.45) is 0 Å². The third-order valence-electron chi connectivity index (χ3n) is 4.48. The van der Waals surface area contributed by atoms with Gasteiger partial charge in [-0.15, -0.1) is 0 Å². The lowest BCUT2D eigenvalue weighted by molar-refractivity contribution is -0.124. The number of aliphatic hydroxyl groups is 2. The van der Waals surface area contributed by atoms with Crippen LogP contribution in [0.1, 0.15) is 23.3 Å². The monoisotopic (exact) mass is 401 g/mol. The minimum absolute atomic E-state index is 0.149. The summed E-state index contributed by atoms with van der Waals surface area (Å²) < 4.78 is 8.53. The summed E-state index contributed by atoms with van der Waals surface area (Å²) in [5.41, 5.74) is -0.0175. The second-order valence-electron chi connectivity index (χ2n) is 6.05. The van der Waals surface area contributed by atoms with E-state index in [0.717, 1.165) is 4.47 Å². The third-order valence-corrected chi connectivity index (χ3v) is 4.98. The van der Waals surface area contributed by atoms with Crippen LogP contribution in [0.3, 0.4) is 0 Å². The molecule has 1 aliphatic rings. The van der Waals surface area contributed by atoms with Gasteiger partial charge in [0.2, 0.25) is 0 Å². The summed E-state index contributed by atoms with van der Waals surface area (Å²) in [6.07, 6.45) is 0.862. The SMILES string of the molecule is O[C@@H]1c2cc(Br)ccc2O[C@@]1(Cn1cncn1)[C@@H](O)c1ccccc1. The Balaban J connectivity index is 1.80. The van der Waals surface area contributed by atoms with Crippen molar-refractivity contribution in [1.82, 2.24) is 14.8 Å². The van der Waals surface area contributed by atoms with Gasteiger partial charge in [0.05, 0.1) is 6.54 Å². The van der Waals surface area contributed by atoms with Crippen LogP contribution in [0.5, 0.6) is 5.75 Å². The van der Waals surface area contributed by atoms with Crippen molar-refractivity contribution in [2.75, 3.05) is 0 Å². The lowest BCUT2D eigenvalue weighted by Crippen LogP contribution is -2.48.